The zero-order chi connectivity index (χ0) is 58.9. The van der Waals surface area contributed by atoms with Crippen LogP contribution < -0.4 is 38.5 Å². The van der Waals surface area contributed by atoms with Gasteiger partial charge in [0.1, 0.15) is 11.5 Å². The number of thiophene rings is 2. The average molecular weight is 1190 g/mol. The molecule has 0 radical (unpaired) electrons. The van der Waals surface area contributed by atoms with Gasteiger partial charge in [0.2, 0.25) is 11.9 Å². The minimum Gasteiger partial charge on any atom is -0.495 e. The minimum atomic E-state index is -4.62. The number of alkyl halides is 6. The lowest BCUT2D eigenvalue weighted by molar-refractivity contribution is -0.138. The number of hydrogen-bond donors (Lipinski definition) is 2. The number of guanidine groups is 2. The van der Waals surface area contributed by atoms with E-state index in [0.717, 1.165) is 35.6 Å². The van der Waals surface area contributed by atoms with Crippen LogP contribution >= 0.6 is 22.7 Å². The first-order valence-electron chi connectivity index (χ1n) is 25.6. The molecule has 26 heteroatoms. The van der Waals surface area contributed by atoms with E-state index in [2.05, 4.69) is 9.80 Å². The van der Waals surface area contributed by atoms with E-state index in [-0.39, 0.29) is 59.3 Å². The third-order valence-corrected chi connectivity index (χ3v) is 16.5. The summed E-state index contributed by atoms with van der Waals surface area (Å²) in [6.45, 7) is 6.59. The Kier molecular flexibility index (Phi) is 17.0. The molecule has 6 aromatic rings. The van der Waals surface area contributed by atoms with Crippen molar-refractivity contribution in [3.05, 3.63) is 128 Å². The van der Waals surface area contributed by atoms with Crippen molar-refractivity contribution in [1.29, 1.82) is 0 Å². The fraction of sp³-hybridized carbons (Fsp3) is 0.357. The zero-order valence-corrected chi connectivity index (χ0v) is 46.6. The molecule has 4 aromatic carbocycles. The van der Waals surface area contributed by atoms with Crippen LogP contribution in [0, 0.1) is 11.6 Å². The SMILES string of the molecule is COc1cc(N2CCN(C3=Nc4ccsc4[C@@H](CC(=O)O)N3c3cc(C(F)(F)F)ccc3OC)C[C@H]2C)ccc1F.COc1cc(N2CCN(C3=Nc4ccsc4[C@H](CC(=O)O)N3c3cc(C(F)(F)F)ccc3OC)C[C@H]2C)ccc1F. The molecule has 4 aliphatic heterocycles. The zero-order valence-electron chi connectivity index (χ0n) is 45.0. The van der Waals surface area contributed by atoms with Crippen molar-refractivity contribution in [2.75, 3.05) is 87.3 Å². The summed E-state index contributed by atoms with van der Waals surface area (Å²) < 4.78 is 132. The summed E-state index contributed by atoms with van der Waals surface area (Å²) in [5.41, 5.74) is 1.06. The van der Waals surface area contributed by atoms with Crippen molar-refractivity contribution >= 4 is 80.7 Å². The number of nitrogens with zero attached hydrogens (tertiary/aromatic N) is 8. The highest BCUT2D eigenvalue weighted by Crippen LogP contribution is 2.50. The fourth-order valence-corrected chi connectivity index (χ4v) is 12.5. The average Bonchev–Trinajstić information content (AvgIpc) is 4.04. The van der Waals surface area contributed by atoms with Crippen LogP contribution in [-0.2, 0) is 21.9 Å². The number of piperazine rings is 2. The number of methoxy groups -OCH3 is 4. The highest BCUT2D eigenvalue weighted by Gasteiger charge is 2.43. The number of anilines is 4. The monoisotopic (exact) mass is 1180 g/mol. The van der Waals surface area contributed by atoms with Crippen LogP contribution in [0.3, 0.4) is 0 Å². The number of hydrogen-bond acceptors (Lipinski definition) is 16. The Hall–Kier alpha value is -8.00. The van der Waals surface area contributed by atoms with E-state index in [1.807, 2.05) is 23.6 Å². The second kappa shape index (κ2) is 23.8. The van der Waals surface area contributed by atoms with Gasteiger partial charge in [-0.25, -0.2) is 18.8 Å². The number of carboxylic acids is 2. The predicted molar refractivity (Wildman–Crippen MR) is 296 cm³/mol. The van der Waals surface area contributed by atoms with Crippen LogP contribution in [0.15, 0.2) is 106 Å². The van der Waals surface area contributed by atoms with E-state index in [9.17, 15) is 54.9 Å². The molecule has 0 spiro atoms. The van der Waals surface area contributed by atoms with E-state index < -0.39 is 59.1 Å². The van der Waals surface area contributed by atoms with Crippen molar-refractivity contribution in [2.45, 2.75) is 63.2 Å². The summed E-state index contributed by atoms with van der Waals surface area (Å²) in [5.74, 6) is -1.91. The number of aliphatic imine (C=N–C) groups is 2. The first kappa shape index (κ1) is 58.6. The van der Waals surface area contributed by atoms with Gasteiger partial charge in [0.25, 0.3) is 0 Å². The Bertz CT molecular complexity index is 3170. The minimum absolute atomic E-state index is 0.0738. The number of aliphatic carboxylic acids is 2. The smallest absolute Gasteiger partial charge is 0.416 e. The van der Waals surface area contributed by atoms with Crippen LogP contribution in [0.2, 0.25) is 0 Å². The summed E-state index contributed by atoms with van der Waals surface area (Å²) in [6.07, 6.45) is -9.98. The summed E-state index contributed by atoms with van der Waals surface area (Å²) >= 11 is 2.61. The lowest BCUT2D eigenvalue weighted by Gasteiger charge is -2.47. The molecular weight excluding hydrogens is 1130 g/mol. The molecule has 2 fully saturated rings. The molecule has 0 aliphatic carbocycles. The summed E-state index contributed by atoms with van der Waals surface area (Å²) in [4.78, 5) is 46.2. The number of carboxylic acid groups (broad SMARTS) is 2. The lowest BCUT2D eigenvalue weighted by Crippen LogP contribution is -2.58. The van der Waals surface area contributed by atoms with E-state index in [0.29, 0.717) is 72.3 Å². The Morgan fingerprint density at radius 1 is 0.549 bits per heavy atom. The quantitative estimate of drug-likeness (QED) is 0.112. The maximum absolute atomic E-state index is 14.0. The lowest BCUT2D eigenvalue weighted by atomic mass is 10.0. The van der Waals surface area contributed by atoms with Crippen LogP contribution in [0.4, 0.5) is 69.2 Å². The Morgan fingerprint density at radius 2 is 0.927 bits per heavy atom. The normalized spacial score (nSPS) is 19.1. The van der Waals surface area contributed by atoms with Gasteiger partial charge in [-0.2, -0.15) is 26.3 Å². The molecule has 2 aromatic heterocycles. The molecule has 10 rings (SSSR count). The number of carbonyl (C=O) groups is 2. The van der Waals surface area contributed by atoms with E-state index in [1.54, 1.807) is 57.0 Å². The second-order valence-corrected chi connectivity index (χ2v) is 21.4. The third kappa shape index (κ3) is 12.0. The van der Waals surface area contributed by atoms with E-state index >= 15 is 0 Å². The van der Waals surface area contributed by atoms with Crippen LogP contribution in [0.25, 0.3) is 0 Å². The molecule has 16 nitrogen and oxygen atoms in total. The van der Waals surface area contributed by atoms with Gasteiger partial charge in [-0.15, -0.1) is 22.7 Å². The van der Waals surface area contributed by atoms with Crippen molar-refractivity contribution in [2.24, 2.45) is 9.98 Å². The Morgan fingerprint density at radius 3 is 1.26 bits per heavy atom. The predicted octanol–water partition coefficient (Wildman–Crippen LogP) is 12.3. The van der Waals surface area contributed by atoms with Gasteiger partial charge in [0.15, 0.2) is 23.1 Å². The first-order chi connectivity index (χ1) is 39.0. The van der Waals surface area contributed by atoms with E-state index in [1.165, 1.54) is 75.4 Å². The standard InChI is InChI=1S/2C28H28F4N4O4S/c2*1-16-15-34(9-10-35(16)18-5-6-19(29)24(13-18)40-3)27-33-20-8-11-41-26(20)22(14-25(37)38)36(27)21-12-17(28(30,31)32)4-7-23(21)39-2/h2*4-8,11-13,16,22H,9-10,14-15H2,1-3H3,(H,37,38)/t16-,22+;16-,22-/m11/s1. The maximum Gasteiger partial charge on any atom is 0.416 e. The van der Waals surface area contributed by atoms with Gasteiger partial charge in [-0.3, -0.25) is 19.4 Å². The van der Waals surface area contributed by atoms with Gasteiger partial charge >= 0.3 is 24.3 Å². The Balaban J connectivity index is 0.000000198. The third-order valence-electron chi connectivity index (χ3n) is 14.5. The number of ether oxygens (including phenoxy) is 4. The van der Waals surface area contributed by atoms with Crippen molar-refractivity contribution in [3.63, 3.8) is 0 Å². The van der Waals surface area contributed by atoms with Gasteiger partial charge in [-0.1, -0.05) is 0 Å². The van der Waals surface area contributed by atoms with Gasteiger partial charge in [-0.05, 0) is 97.4 Å². The fourth-order valence-electron chi connectivity index (χ4n) is 10.7. The van der Waals surface area contributed by atoms with Gasteiger partial charge in [0, 0.05) is 74.9 Å². The molecule has 0 saturated carbocycles. The molecule has 436 valence electrons. The number of fused-ring (bicyclic) bond motifs is 2. The molecular formula is C56H56F8N8O8S2. The van der Waals surface area contributed by atoms with Crippen molar-refractivity contribution in [3.8, 4) is 23.0 Å². The van der Waals surface area contributed by atoms with Gasteiger partial charge in [0.05, 0.1) is 97.0 Å². The van der Waals surface area contributed by atoms with Crippen LogP contribution in [-0.4, -0.2) is 124 Å². The summed E-state index contributed by atoms with van der Waals surface area (Å²) in [7, 11) is 5.50. The summed E-state index contributed by atoms with van der Waals surface area (Å²) in [6, 6.07) is 17.3. The number of benzene rings is 4. The Labute approximate surface area is 474 Å². The molecule has 4 aliphatic rings. The second-order valence-electron chi connectivity index (χ2n) is 19.5. The molecule has 82 heavy (non-hydrogen) atoms. The number of halogens is 8. The molecule has 4 atom stereocenters. The molecule has 0 bridgehead atoms. The highest BCUT2D eigenvalue weighted by atomic mass is 32.1. The largest absolute Gasteiger partial charge is 0.495 e. The van der Waals surface area contributed by atoms with Crippen LogP contribution in [0.5, 0.6) is 23.0 Å². The number of rotatable bonds is 12. The molecule has 0 unspecified atom stereocenters. The van der Waals surface area contributed by atoms with Crippen molar-refractivity contribution < 1.29 is 73.9 Å². The molecule has 2 N–H and O–H groups in total. The topological polar surface area (TPSA) is 156 Å². The van der Waals surface area contributed by atoms with Crippen molar-refractivity contribution in [1.82, 2.24) is 9.80 Å². The molecule has 6 heterocycles. The highest BCUT2D eigenvalue weighted by molar-refractivity contribution is 7.11. The maximum atomic E-state index is 14.0. The van der Waals surface area contributed by atoms with E-state index in [4.69, 9.17) is 28.9 Å². The summed E-state index contributed by atoms with van der Waals surface area (Å²) in [5, 5.41) is 23.2. The van der Waals surface area contributed by atoms with Crippen LogP contribution in [0.1, 0.15) is 59.7 Å². The first-order valence-corrected chi connectivity index (χ1v) is 27.3. The molecule has 2 saturated heterocycles. The molecule has 0 amide bonds. The van der Waals surface area contributed by atoms with Gasteiger partial charge < -0.3 is 48.8 Å².